The first-order chi connectivity index (χ1) is 11.7. The topological polar surface area (TPSA) is 65.7 Å². The van der Waals surface area contributed by atoms with Gasteiger partial charge in [0.2, 0.25) is 0 Å². The van der Waals surface area contributed by atoms with Crippen LogP contribution in [-0.4, -0.2) is 35.5 Å². The highest BCUT2D eigenvalue weighted by Gasteiger charge is 2.20. The van der Waals surface area contributed by atoms with Gasteiger partial charge < -0.3 is 14.8 Å². The number of amides is 1. The summed E-state index contributed by atoms with van der Waals surface area (Å²) in [6.45, 7) is 3.67. The van der Waals surface area contributed by atoms with Crippen LogP contribution in [0, 0.1) is 5.92 Å². The largest absolute Gasteiger partial charge is 0.508 e. The van der Waals surface area contributed by atoms with Crippen molar-refractivity contribution in [3.05, 3.63) is 54.0 Å². The minimum absolute atomic E-state index is 0.114. The van der Waals surface area contributed by atoms with E-state index in [4.69, 9.17) is 4.42 Å². The molecule has 1 aromatic heterocycles. The number of piperidine rings is 1. The fourth-order valence-electron chi connectivity index (χ4n) is 3.29. The number of aromatic hydroxyl groups is 1. The first-order valence-electron chi connectivity index (χ1n) is 8.52. The van der Waals surface area contributed by atoms with Crippen LogP contribution in [0.5, 0.6) is 5.75 Å². The fraction of sp³-hybridized carbons (Fsp3) is 0.421. The van der Waals surface area contributed by atoms with Crippen LogP contribution in [0.3, 0.4) is 0 Å². The van der Waals surface area contributed by atoms with Crippen molar-refractivity contribution in [2.24, 2.45) is 5.92 Å². The van der Waals surface area contributed by atoms with Crippen molar-refractivity contribution in [1.29, 1.82) is 0 Å². The third-order valence-electron chi connectivity index (χ3n) is 4.51. The number of carbonyl (C=O) groups excluding carboxylic acids is 1. The number of nitrogens with one attached hydrogen (secondary N) is 1. The van der Waals surface area contributed by atoms with E-state index in [0.717, 1.165) is 31.8 Å². The maximum atomic E-state index is 12.1. The lowest BCUT2D eigenvalue weighted by Gasteiger charge is -2.32. The van der Waals surface area contributed by atoms with Gasteiger partial charge in [-0.1, -0.05) is 6.07 Å². The van der Waals surface area contributed by atoms with Gasteiger partial charge in [0.05, 0.1) is 12.8 Å². The molecule has 24 heavy (non-hydrogen) atoms. The lowest BCUT2D eigenvalue weighted by atomic mass is 9.94. The normalized spacial score (nSPS) is 18.4. The second-order valence-corrected chi connectivity index (χ2v) is 6.42. The fourth-order valence-corrected chi connectivity index (χ4v) is 3.29. The predicted octanol–water partition coefficient (Wildman–Crippen LogP) is 3.02. The second-order valence-electron chi connectivity index (χ2n) is 6.42. The molecule has 1 aliphatic heterocycles. The van der Waals surface area contributed by atoms with Crippen molar-refractivity contribution in [2.45, 2.75) is 25.8 Å². The lowest BCUT2D eigenvalue weighted by Crippen LogP contribution is -2.36. The van der Waals surface area contributed by atoms with Crippen LogP contribution in [0.25, 0.3) is 0 Å². The summed E-state index contributed by atoms with van der Waals surface area (Å²) in [5, 5.41) is 12.4. The Morgan fingerprint density at radius 1 is 1.33 bits per heavy atom. The Morgan fingerprint density at radius 3 is 3.04 bits per heavy atom. The number of benzene rings is 1. The summed E-state index contributed by atoms with van der Waals surface area (Å²) >= 11 is 0. The molecule has 0 spiro atoms. The summed E-state index contributed by atoms with van der Waals surface area (Å²) in [6.07, 6.45) is 5.08. The Bertz CT molecular complexity index is 654. The number of phenols is 1. The molecule has 1 fully saturated rings. The molecule has 1 atom stereocenters. The summed E-state index contributed by atoms with van der Waals surface area (Å²) in [5.74, 6) is 1.59. The molecule has 2 heterocycles. The van der Waals surface area contributed by atoms with Gasteiger partial charge in [0.25, 0.3) is 5.91 Å². The Balaban J connectivity index is 1.42. The molecule has 0 bridgehead atoms. The molecular formula is C19H24N2O3. The van der Waals surface area contributed by atoms with Crippen molar-refractivity contribution >= 4 is 5.91 Å². The van der Waals surface area contributed by atoms with Crippen LogP contribution >= 0.6 is 0 Å². The van der Waals surface area contributed by atoms with Crippen molar-refractivity contribution in [2.75, 3.05) is 19.6 Å². The number of furan rings is 1. The Hall–Kier alpha value is -2.27. The van der Waals surface area contributed by atoms with Gasteiger partial charge in [-0.2, -0.15) is 0 Å². The molecule has 0 radical (unpaired) electrons. The highest BCUT2D eigenvalue weighted by Crippen LogP contribution is 2.21. The molecule has 2 N–H and O–H groups in total. The van der Waals surface area contributed by atoms with Crippen molar-refractivity contribution in [3.8, 4) is 5.75 Å². The number of hydrogen-bond donors (Lipinski definition) is 2. The van der Waals surface area contributed by atoms with Crippen molar-refractivity contribution in [3.63, 3.8) is 0 Å². The van der Waals surface area contributed by atoms with E-state index in [9.17, 15) is 9.90 Å². The summed E-state index contributed by atoms with van der Waals surface area (Å²) in [5.41, 5.74) is 0.498. The van der Waals surface area contributed by atoms with E-state index >= 15 is 0 Å². The third kappa shape index (κ3) is 4.61. The Morgan fingerprint density at radius 2 is 2.25 bits per heavy atom. The highest BCUT2D eigenvalue weighted by molar-refractivity contribution is 5.94. The van der Waals surface area contributed by atoms with Crippen LogP contribution < -0.4 is 5.32 Å². The molecular weight excluding hydrogens is 304 g/mol. The zero-order chi connectivity index (χ0) is 16.8. The van der Waals surface area contributed by atoms with E-state index in [2.05, 4.69) is 10.2 Å². The first kappa shape index (κ1) is 16.6. The van der Waals surface area contributed by atoms with Gasteiger partial charge in [-0.05, 0) is 62.1 Å². The van der Waals surface area contributed by atoms with Crippen LogP contribution in [-0.2, 0) is 6.54 Å². The Labute approximate surface area is 142 Å². The minimum atomic E-state index is -0.130. The van der Waals surface area contributed by atoms with Gasteiger partial charge >= 0.3 is 0 Å². The van der Waals surface area contributed by atoms with E-state index in [0.29, 0.717) is 18.0 Å². The third-order valence-corrected chi connectivity index (χ3v) is 4.51. The van der Waals surface area contributed by atoms with Gasteiger partial charge in [0.1, 0.15) is 11.5 Å². The van der Waals surface area contributed by atoms with E-state index in [1.807, 2.05) is 12.1 Å². The quantitative estimate of drug-likeness (QED) is 0.855. The second kappa shape index (κ2) is 8.02. The van der Waals surface area contributed by atoms with Gasteiger partial charge in [0, 0.05) is 18.7 Å². The SMILES string of the molecule is O=C(NCC[C@H]1CCCN(Cc2ccco2)C1)c1cccc(O)c1. The van der Waals surface area contributed by atoms with Crippen LogP contribution in [0.1, 0.15) is 35.4 Å². The molecule has 1 amide bonds. The molecule has 2 aromatic rings. The average molecular weight is 328 g/mol. The maximum Gasteiger partial charge on any atom is 0.251 e. The van der Waals surface area contributed by atoms with Crippen LogP contribution in [0.15, 0.2) is 47.1 Å². The van der Waals surface area contributed by atoms with E-state index < -0.39 is 0 Å². The molecule has 1 saturated heterocycles. The van der Waals surface area contributed by atoms with Crippen LogP contribution in [0.2, 0.25) is 0 Å². The van der Waals surface area contributed by atoms with Crippen molar-refractivity contribution < 1.29 is 14.3 Å². The number of rotatable bonds is 6. The smallest absolute Gasteiger partial charge is 0.251 e. The number of likely N-dealkylation sites (tertiary alicyclic amines) is 1. The first-order valence-corrected chi connectivity index (χ1v) is 8.52. The molecule has 0 unspecified atom stereocenters. The monoisotopic (exact) mass is 328 g/mol. The molecule has 1 aromatic carbocycles. The van der Waals surface area contributed by atoms with Gasteiger partial charge in [-0.3, -0.25) is 9.69 Å². The van der Waals surface area contributed by atoms with E-state index in [-0.39, 0.29) is 11.7 Å². The zero-order valence-electron chi connectivity index (χ0n) is 13.8. The van der Waals surface area contributed by atoms with Crippen LogP contribution in [0.4, 0.5) is 0 Å². The number of carbonyl (C=O) groups is 1. The maximum absolute atomic E-state index is 12.1. The van der Waals surface area contributed by atoms with Gasteiger partial charge in [-0.25, -0.2) is 0 Å². The number of phenolic OH excluding ortho intramolecular Hbond substituents is 1. The molecule has 5 nitrogen and oxygen atoms in total. The molecule has 0 saturated carbocycles. The molecule has 128 valence electrons. The van der Waals surface area contributed by atoms with Crippen molar-refractivity contribution in [1.82, 2.24) is 10.2 Å². The average Bonchev–Trinajstić information content (AvgIpc) is 3.08. The summed E-state index contributed by atoms with van der Waals surface area (Å²) < 4.78 is 5.42. The minimum Gasteiger partial charge on any atom is -0.508 e. The molecule has 3 rings (SSSR count). The van der Waals surface area contributed by atoms with Gasteiger partial charge in [-0.15, -0.1) is 0 Å². The highest BCUT2D eigenvalue weighted by atomic mass is 16.3. The van der Waals surface area contributed by atoms with E-state index in [1.165, 1.54) is 18.9 Å². The van der Waals surface area contributed by atoms with E-state index in [1.54, 1.807) is 24.5 Å². The summed E-state index contributed by atoms with van der Waals surface area (Å²) in [7, 11) is 0. The number of nitrogens with zero attached hydrogens (tertiary/aromatic N) is 1. The molecule has 1 aliphatic rings. The lowest BCUT2D eigenvalue weighted by molar-refractivity contribution is 0.0945. The standard InChI is InChI=1S/C19H24N2O3/c22-17-6-1-5-16(12-17)19(23)20-9-8-15-4-2-10-21(13-15)14-18-7-3-11-24-18/h1,3,5-7,11-12,15,22H,2,4,8-10,13-14H2,(H,20,23)/t15-/m1/s1. The molecule has 0 aliphatic carbocycles. The van der Waals surface area contributed by atoms with Gasteiger partial charge in [0.15, 0.2) is 0 Å². The predicted molar refractivity (Wildman–Crippen MR) is 91.8 cm³/mol. The molecule has 5 heteroatoms. The summed E-state index contributed by atoms with van der Waals surface area (Å²) in [4.78, 5) is 14.5. The number of hydrogen-bond acceptors (Lipinski definition) is 4. The zero-order valence-corrected chi connectivity index (χ0v) is 13.8. The Kier molecular flexibility index (Phi) is 5.54. The summed E-state index contributed by atoms with van der Waals surface area (Å²) in [6, 6.07) is 10.4.